The normalized spacial score (nSPS) is 34.0. The van der Waals surface area contributed by atoms with Gasteiger partial charge in [-0.15, -0.1) is 0 Å². The summed E-state index contributed by atoms with van der Waals surface area (Å²) in [6.45, 7) is 15.7. The van der Waals surface area contributed by atoms with Gasteiger partial charge in [0.05, 0.1) is 12.2 Å². The molecule has 338 valence electrons. The molecule has 7 rings (SSSR count). The van der Waals surface area contributed by atoms with E-state index in [1.165, 1.54) is 33.8 Å². The number of hydrogen-bond donors (Lipinski definition) is 1. The molecule has 2 saturated heterocycles. The first kappa shape index (κ1) is 45.8. The summed E-state index contributed by atoms with van der Waals surface area (Å²) in [6, 6.07) is 10.4. The fourth-order valence-electron chi connectivity index (χ4n) is 11.2. The summed E-state index contributed by atoms with van der Waals surface area (Å²) in [5, 5.41) is 2.90. The molecule has 2 aliphatic carbocycles. The Labute approximate surface area is 369 Å². The highest BCUT2D eigenvalue weighted by molar-refractivity contribution is 6.22. The molecule has 0 bridgehead atoms. The molecule has 2 aromatic rings. The zero-order chi connectivity index (χ0) is 45.5. The van der Waals surface area contributed by atoms with Crippen molar-refractivity contribution in [3.05, 3.63) is 77.3 Å². The number of ether oxygens (including phenoxy) is 6. The van der Waals surface area contributed by atoms with Crippen LogP contribution in [-0.4, -0.2) is 53.6 Å². The molecule has 5 aliphatic rings. The number of aromatic nitrogens is 1. The van der Waals surface area contributed by atoms with Crippen LogP contribution in [-0.2, 0) is 47.7 Å². The van der Waals surface area contributed by atoms with E-state index in [9.17, 15) is 24.0 Å². The van der Waals surface area contributed by atoms with Crippen LogP contribution in [0.3, 0.4) is 0 Å². The number of amides is 1. The van der Waals surface area contributed by atoms with Crippen molar-refractivity contribution in [2.45, 2.75) is 131 Å². The lowest BCUT2D eigenvalue weighted by molar-refractivity contribution is -0.719. The lowest BCUT2D eigenvalue weighted by atomic mass is 9.55. The predicted molar refractivity (Wildman–Crippen MR) is 226 cm³/mol. The monoisotopic (exact) mass is 869 g/mol. The number of ketones is 1. The van der Waals surface area contributed by atoms with Gasteiger partial charge in [0.2, 0.25) is 5.76 Å². The highest BCUT2D eigenvalue weighted by atomic mass is 16.7. The number of carbonyl (C=O) groups is 6. The largest absolute Gasteiger partial charge is 0.462 e. The third-order valence-electron chi connectivity index (χ3n) is 14.0. The fraction of sp³-hybridized carbons (Fsp3) is 0.571. The Bertz CT molecular complexity index is 2170. The Kier molecular flexibility index (Phi) is 13.4. The van der Waals surface area contributed by atoms with Crippen LogP contribution in [0.5, 0.6) is 11.5 Å². The number of rotatable bonds is 10. The first-order valence-corrected chi connectivity index (χ1v) is 22.3. The molecule has 14 nitrogen and oxygen atoms in total. The molecule has 1 aromatic heterocycles. The standard InChI is InChI=1S/C49H60N2O12/c1-25-15-16-49(63-45(25)35-21-36(58-30(6)52)23-37(22-35)59-31(7)53)28(4)19-27(3)40(62-49)24-38-26(2)20-34-13-14-39(60-32(8)54)29(5)41(34)42(38)44(56)43-46(61-33(9)55)47(50-48(43)57)51-17-11-10-12-18-51/h10-12,17-18,20-23,25,27-29,34,38-42,45,47H,13-16,19,24H2,1-9H3/p+1/t25-,27-,28-,29-,34-,38+,39+,40+,41-,42-,45-,47-,49+/m0/s1. The van der Waals surface area contributed by atoms with E-state index in [0.29, 0.717) is 31.2 Å². The van der Waals surface area contributed by atoms with Gasteiger partial charge < -0.3 is 28.4 Å². The van der Waals surface area contributed by atoms with Crippen molar-refractivity contribution in [3.8, 4) is 11.5 Å². The van der Waals surface area contributed by atoms with Crippen molar-refractivity contribution in [2.75, 3.05) is 0 Å². The first-order valence-electron chi connectivity index (χ1n) is 22.3. The number of carbonyl (C=O) groups excluding carboxylic acids is 6. The van der Waals surface area contributed by atoms with Crippen LogP contribution in [0.15, 0.2) is 71.8 Å². The fourth-order valence-corrected chi connectivity index (χ4v) is 11.2. The Morgan fingerprint density at radius 1 is 0.810 bits per heavy atom. The van der Waals surface area contributed by atoms with Crippen molar-refractivity contribution in [3.63, 3.8) is 0 Å². The minimum absolute atomic E-state index is 0.0255. The number of benzene rings is 1. The molecule has 14 heteroatoms. The molecule has 3 fully saturated rings. The number of esters is 4. The molecule has 3 aliphatic heterocycles. The minimum Gasteiger partial charge on any atom is -0.462 e. The maximum Gasteiger partial charge on any atom is 0.308 e. The Hall–Kier alpha value is -5.21. The summed E-state index contributed by atoms with van der Waals surface area (Å²) < 4.78 is 38.6. The Morgan fingerprint density at radius 3 is 2.08 bits per heavy atom. The summed E-state index contributed by atoms with van der Waals surface area (Å²) >= 11 is 0. The number of allylic oxidation sites excluding steroid dienone is 2. The van der Waals surface area contributed by atoms with Gasteiger partial charge in [-0.1, -0.05) is 45.4 Å². The van der Waals surface area contributed by atoms with Crippen molar-refractivity contribution in [1.82, 2.24) is 5.32 Å². The number of nitrogens with one attached hydrogen (secondary N) is 1. The number of hydrogen-bond acceptors (Lipinski definition) is 12. The zero-order valence-electron chi connectivity index (χ0n) is 37.7. The molecule has 1 amide bonds. The van der Waals surface area contributed by atoms with Crippen LogP contribution < -0.4 is 19.4 Å². The van der Waals surface area contributed by atoms with E-state index in [4.69, 9.17) is 28.4 Å². The van der Waals surface area contributed by atoms with Gasteiger partial charge in [0.1, 0.15) is 23.2 Å². The van der Waals surface area contributed by atoms with Crippen molar-refractivity contribution in [2.24, 2.45) is 47.3 Å². The second kappa shape index (κ2) is 18.5. The maximum absolute atomic E-state index is 15.6. The lowest BCUT2D eigenvalue weighted by Crippen LogP contribution is -2.56. The topological polar surface area (TPSA) is 174 Å². The SMILES string of the molecule is CC(=O)OC1=C(C(=O)[C@@H]2[C@H]3[C@@H](C)[C@H](OC(C)=O)CC[C@H]3C=C(C)[C@H]2C[C@H]2O[C@@]3(CC[C@H](C)[C@@H](c4cc(OC(C)=O)cc(OC(C)=O)c4)O3)[C@@H](C)C[C@@H]2C)C(=O)N[C@H]1[n+]1ccccc1. The highest BCUT2D eigenvalue weighted by Crippen LogP contribution is 2.55. The van der Waals surface area contributed by atoms with E-state index in [-0.39, 0.29) is 64.4 Å². The third kappa shape index (κ3) is 9.52. The first-order chi connectivity index (χ1) is 29.8. The maximum atomic E-state index is 15.6. The molecule has 0 unspecified atom stereocenters. The number of pyridine rings is 1. The van der Waals surface area contributed by atoms with Crippen LogP contribution in [0.2, 0.25) is 0 Å². The Morgan fingerprint density at radius 2 is 1.46 bits per heavy atom. The van der Waals surface area contributed by atoms with E-state index in [1.54, 1.807) is 41.2 Å². The lowest BCUT2D eigenvalue weighted by Gasteiger charge is -2.54. The van der Waals surface area contributed by atoms with Crippen molar-refractivity contribution >= 4 is 35.6 Å². The zero-order valence-corrected chi connectivity index (χ0v) is 37.7. The third-order valence-corrected chi connectivity index (χ3v) is 14.0. The van der Waals surface area contributed by atoms with E-state index >= 15 is 4.79 Å². The smallest absolute Gasteiger partial charge is 0.308 e. The van der Waals surface area contributed by atoms with Crippen LogP contribution in [0.1, 0.15) is 119 Å². The molecule has 1 spiro atoms. The van der Waals surface area contributed by atoms with Crippen LogP contribution in [0.25, 0.3) is 0 Å². The molecule has 1 N–H and O–H groups in total. The summed E-state index contributed by atoms with van der Waals surface area (Å²) in [4.78, 5) is 78.7. The molecule has 1 aromatic carbocycles. The molecule has 0 radical (unpaired) electrons. The molecular formula is C49H61N2O12+. The van der Waals surface area contributed by atoms with Crippen molar-refractivity contribution < 1.29 is 61.8 Å². The molecule has 1 saturated carbocycles. The second-order valence-corrected chi connectivity index (χ2v) is 18.6. The summed E-state index contributed by atoms with van der Waals surface area (Å²) in [6.07, 6.45) is 7.37. The Balaban J connectivity index is 1.26. The number of nitrogens with zero attached hydrogens (tertiary/aromatic N) is 1. The molecule has 4 heterocycles. The highest BCUT2D eigenvalue weighted by Gasteiger charge is 2.56. The summed E-state index contributed by atoms with van der Waals surface area (Å²) in [5.74, 6) is -5.42. The summed E-state index contributed by atoms with van der Waals surface area (Å²) in [7, 11) is 0. The minimum atomic E-state index is -1.02. The predicted octanol–water partition coefficient (Wildman–Crippen LogP) is 6.96. The van der Waals surface area contributed by atoms with E-state index < -0.39 is 71.6 Å². The van der Waals surface area contributed by atoms with Gasteiger partial charge >= 0.3 is 23.9 Å². The van der Waals surface area contributed by atoms with Gasteiger partial charge in [0.15, 0.2) is 24.0 Å². The van der Waals surface area contributed by atoms with Gasteiger partial charge in [0.25, 0.3) is 12.1 Å². The van der Waals surface area contributed by atoms with Gasteiger partial charge in [0, 0.05) is 64.2 Å². The summed E-state index contributed by atoms with van der Waals surface area (Å²) in [5.41, 5.74) is 1.50. The van der Waals surface area contributed by atoms with Gasteiger partial charge in [-0.05, 0) is 92.2 Å². The van der Waals surface area contributed by atoms with Gasteiger partial charge in [-0.2, -0.15) is 4.57 Å². The second-order valence-electron chi connectivity index (χ2n) is 18.6. The van der Waals surface area contributed by atoms with Crippen LogP contribution in [0.4, 0.5) is 0 Å². The van der Waals surface area contributed by atoms with Crippen molar-refractivity contribution in [1.29, 1.82) is 0 Å². The molecular weight excluding hydrogens is 809 g/mol. The van der Waals surface area contributed by atoms with E-state index in [1.807, 2.05) is 19.9 Å². The average molecular weight is 870 g/mol. The van der Waals surface area contributed by atoms with Gasteiger partial charge in [-0.25, -0.2) is 0 Å². The molecule has 63 heavy (non-hydrogen) atoms. The number of fused-ring (bicyclic) bond motifs is 1. The average Bonchev–Trinajstić information content (AvgIpc) is 3.52. The van der Waals surface area contributed by atoms with Crippen LogP contribution >= 0.6 is 0 Å². The van der Waals surface area contributed by atoms with Crippen LogP contribution in [0, 0.1) is 47.3 Å². The van der Waals surface area contributed by atoms with E-state index in [0.717, 1.165) is 18.4 Å². The van der Waals surface area contributed by atoms with Gasteiger partial charge in [-0.3, -0.25) is 34.1 Å². The number of Topliss-reactive ketones (excluding diaryl/α,β-unsaturated/α-hetero) is 1. The quantitative estimate of drug-likeness (QED) is 0.0857. The van der Waals surface area contributed by atoms with E-state index in [2.05, 4.69) is 32.2 Å². The molecule has 13 atom stereocenters.